The fourth-order valence-electron chi connectivity index (χ4n) is 2.11. The third-order valence-corrected chi connectivity index (χ3v) is 3.55. The van der Waals surface area contributed by atoms with Crippen LogP contribution in [-0.2, 0) is 19.9 Å². The Morgan fingerprint density at radius 3 is 2.56 bits per heavy atom. The minimum atomic E-state index is 0.560. The van der Waals surface area contributed by atoms with Crippen LogP contribution in [0.5, 0.6) is 0 Å². The molecule has 1 aromatic heterocycles. The van der Waals surface area contributed by atoms with Crippen LogP contribution >= 0.6 is 0 Å². The minimum absolute atomic E-state index is 0.560. The van der Waals surface area contributed by atoms with Crippen LogP contribution in [0, 0.1) is 5.92 Å². The summed E-state index contributed by atoms with van der Waals surface area (Å²) in [6.07, 6.45) is 3.34. The Morgan fingerprint density at radius 1 is 1.44 bits per heavy atom. The lowest BCUT2D eigenvalue weighted by Gasteiger charge is -2.22. The van der Waals surface area contributed by atoms with Gasteiger partial charge < -0.3 is 5.32 Å². The van der Waals surface area contributed by atoms with Gasteiger partial charge in [0.15, 0.2) is 0 Å². The second kappa shape index (κ2) is 6.04. The Labute approximate surface area is 99.2 Å². The van der Waals surface area contributed by atoms with Crippen molar-refractivity contribution in [3.05, 3.63) is 17.5 Å². The van der Waals surface area contributed by atoms with E-state index < -0.39 is 0 Å². The number of rotatable bonds is 6. The molecule has 0 aliphatic heterocycles. The monoisotopic (exact) mass is 223 g/mol. The van der Waals surface area contributed by atoms with Crippen LogP contribution in [0.15, 0.2) is 6.07 Å². The molecule has 3 heteroatoms. The van der Waals surface area contributed by atoms with Gasteiger partial charge in [-0.3, -0.25) is 4.68 Å². The van der Waals surface area contributed by atoms with Gasteiger partial charge in [0.25, 0.3) is 0 Å². The van der Waals surface area contributed by atoms with Crippen LogP contribution < -0.4 is 5.32 Å². The van der Waals surface area contributed by atoms with Gasteiger partial charge in [0.1, 0.15) is 0 Å². The van der Waals surface area contributed by atoms with Gasteiger partial charge in [-0.15, -0.1) is 0 Å². The van der Waals surface area contributed by atoms with Crippen molar-refractivity contribution in [2.75, 3.05) is 7.05 Å². The van der Waals surface area contributed by atoms with E-state index in [0.717, 1.165) is 12.8 Å². The van der Waals surface area contributed by atoms with E-state index >= 15 is 0 Å². The Balaban J connectivity index is 2.73. The van der Waals surface area contributed by atoms with Crippen molar-refractivity contribution in [3.63, 3.8) is 0 Å². The summed E-state index contributed by atoms with van der Waals surface area (Å²) in [4.78, 5) is 0. The number of nitrogens with one attached hydrogen (secondary N) is 1. The molecule has 2 unspecified atom stereocenters. The predicted octanol–water partition coefficient (Wildman–Crippen LogP) is 2.16. The Bertz CT molecular complexity index is 317. The average molecular weight is 223 g/mol. The smallest absolute Gasteiger partial charge is 0.0624 e. The zero-order valence-corrected chi connectivity index (χ0v) is 11.2. The van der Waals surface area contributed by atoms with Crippen LogP contribution in [0.25, 0.3) is 0 Å². The van der Waals surface area contributed by atoms with E-state index in [-0.39, 0.29) is 0 Å². The highest BCUT2D eigenvalue weighted by Crippen LogP contribution is 2.16. The number of hydrogen-bond acceptors (Lipinski definition) is 2. The second-order valence-corrected chi connectivity index (χ2v) is 4.55. The molecule has 0 bridgehead atoms. The summed E-state index contributed by atoms with van der Waals surface area (Å²) in [6, 6.07) is 2.80. The quantitative estimate of drug-likeness (QED) is 0.801. The molecule has 2 atom stereocenters. The summed E-state index contributed by atoms with van der Waals surface area (Å²) in [5, 5.41) is 7.84. The molecule has 92 valence electrons. The highest BCUT2D eigenvalue weighted by molar-refractivity contribution is 5.11. The lowest BCUT2D eigenvalue weighted by molar-refractivity contribution is 0.374. The number of aryl methyl sites for hydroxylation is 2. The summed E-state index contributed by atoms with van der Waals surface area (Å²) in [6.45, 7) is 6.67. The summed E-state index contributed by atoms with van der Waals surface area (Å²) in [5.74, 6) is 0.685. The average Bonchev–Trinajstić information content (AvgIpc) is 2.66. The normalized spacial score (nSPS) is 15.1. The van der Waals surface area contributed by atoms with E-state index in [2.05, 4.69) is 37.3 Å². The Kier molecular flexibility index (Phi) is 5.00. The van der Waals surface area contributed by atoms with Crippen molar-refractivity contribution in [1.29, 1.82) is 0 Å². The van der Waals surface area contributed by atoms with Crippen molar-refractivity contribution in [1.82, 2.24) is 15.1 Å². The predicted molar refractivity (Wildman–Crippen MR) is 68.6 cm³/mol. The van der Waals surface area contributed by atoms with Crippen LogP contribution in [0.4, 0.5) is 0 Å². The van der Waals surface area contributed by atoms with Gasteiger partial charge in [-0.05, 0) is 38.8 Å². The lowest BCUT2D eigenvalue weighted by atomic mass is 9.93. The highest BCUT2D eigenvalue weighted by Gasteiger charge is 2.16. The standard InChI is InChI=1S/C13H25N3/c1-6-11(10(3)14-4)8-13-9-12(7-2)15-16(13)5/h9-11,14H,6-8H2,1-5H3. The fraction of sp³-hybridized carbons (Fsp3) is 0.769. The first-order valence-electron chi connectivity index (χ1n) is 6.31. The third-order valence-electron chi connectivity index (χ3n) is 3.55. The molecule has 16 heavy (non-hydrogen) atoms. The van der Waals surface area contributed by atoms with Crippen LogP contribution in [0.1, 0.15) is 38.6 Å². The number of nitrogens with zero attached hydrogens (tertiary/aromatic N) is 2. The largest absolute Gasteiger partial charge is 0.317 e. The topological polar surface area (TPSA) is 29.9 Å². The van der Waals surface area contributed by atoms with E-state index in [1.165, 1.54) is 17.8 Å². The van der Waals surface area contributed by atoms with E-state index in [1.54, 1.807) is 0 Å². The number of aromatic nitrogens is 2. The zero-order chi connectivity index (χ0) is 12.1. The first-order chi connectivity index (χ1) is 7.62. The Hall–Kier alpha value is -0.830. The van der Waals surface area contributed by atoms with E-state index in [0.29, 0.717) is 12.0 Å². The van der Waals surface area contributed by atoms with E-state index in [1.807, 2.05) is 18.8 Å². The molecular formula is C13H25N3. The van der Waals surface area contributed by atoms with Crippen molar-refractivity contribution < 1.29 is 0 Å². The molecule has 0 amide bonds. The fourth-order valence-corrected chi connectivity index (χ4v) is 2.11. The molecule has 1 aromatic rings. The molecule has 0 aliphatic carbocycles. The molecule has 0 saturated heterocycles. The summed E-state index contributed by atoms with van der Waals surface area (Å²) < 4.78 is 2.03. The van der Waals surface area contributed by atoms with Crippen molar-refractivity contribution in [3.8, 4) is 0 Å². The summed E-state index contributed by atoms with van der Waals surface area (Å²) in [7, 11) is 4.08. The third kappa shape index (κ3) is 3.08. The first-order valence-corrected chi connectivity index (χ1v) is 6.31. The molecule has 1 rings (SSSR count). The van der Waals surface area contributed by atoms with E-state index in [4.69, 9.17) is 0 Å². The molecule has 0 radical (unpaired) electrons. The van der Waals surface area contributed by atoms with Gasteiger partial charge in [0.2, 0.25) is 0 Å². The minimum Gasteiger partial charge on any atom is -0.317 e. The molecule has 1 heterocycles. The van der Waals surface area contributed by atoms with Crippen LogP contribution in [0.3, 0.4) is 0 Å². The van der Waals surface area contributed by atoms with Gasteiger partial charge in [-0.2, -0.15) is 5.10 Å². The highest BCUT2D eigenvalue weighted by atomic mass is 15.3. The Morgan fingerprint density at radius 2 is 2.12 bits per heavy atom. The molecule has 0 fully saturated rings. The van der Waals surface area contributed by atoms with Crippen LogP contribution in [-0.4, -0.2) is 22.9 Å². The first kappa shape index (κ1) is 13.2. The van der Waals surface area contributed by atoms with Gasteiger partial charge >= 0.3 is 0 Å². The van der Waals surface area contributed by atoms with Crippen molar-refractivity contribution in [2.24, 2.45) is 13.0 Å². The molecular weight excluding hydrogens is 198 g/mol. The van der Waals surface area contributed by atoms with Gasteiger partial charge in [0.05, 0.1) is 5.69 Å². The summed E-state index contributed by atoms with van der Waals surface area (Å²) in [5.41, 5.74) is 2.55. The summed E-state index contributed by atoms with van der Waals surface area (Å²) >= 11 is 0. The van der Waals surface area contributed by atoms with Crippen molar-refractivity contribution >= 4 is 0 Å². The van der Waals surface area contributed by atoms with Gasteiger partial charge in [0, 0.05) is 18.8 Å². The lowest BCUT2D eigenvalue weighted by Crippen LogP contribution is -2.31. The van der Waals surface area contributed by atoms with Gasteiger partial charge in [-0.25, -0.2) is 0 Å². The maximum absolute atomic E-state index is 4.50. The van der Waals surface area contributed by atoms with Gasteiger partial charge in [-0.1, -0.05) is 20.3 Å². The maximum Gasteiger partial charge on any atom is 0.0624 e. The maximum atomic E-state index is 4.50. The molecule has 0 spiro atoms. The van der Waals surface area contributed by atoms with Crippen LogP contribution in [0.2, 0.25) is 0 Å². The second-order valence-electron chi connectivity index (χ2n) is 4.55. The number of hydrogen-bond donors (Lipinski definition) is 1. The molecule has 3 nitrogen and oxygen atoms in total. The van der Waals surface area contributed by atoms with Crippen molar-refractivity contribution in [2.45, 2.75) is 46.1 Å². The molecule has 0 aliphatic rings. The molecule has 0 aromatic carbocycles. The SMILES string of the molecule is CCc1cc(CC(CC)C(C)NC)n(C)n1. The zero-order valence-electron chi connectivity index (χ0n) is 11.2. The van der Waals surface area contributed by atoms with E-state index in [9.17, 15) is 0 Å². The molecule has 1 N–H and O–H groups in total. The molecule has 0 saturated carbocycles.